The number of nitrogens with one attached hydrogen (secondary N) is 1. The second kappa shape index (κ2) is 36.4. The maximum atomic E-state index is 12.4. The maximum absolute atomic E-state index is 12.4. The molecule has 3 unspecified atom stereocenters. The molecule has 0 aliphatic heterocycles. The summed E-state index contributed by atoms with van der Waals surface area (Å²) in [5.41, 5.74) is 0. The van der Waals surface area contributed by atoms with Gasteiger partial charge in [-0.2, -0.15) is 0 Å². The lowest BCUT2D eigenvalue weighted by atomic mass is 10.1. The van der Waals surface area contributed by atoms with E-state index in [-0.39, 0.29) is 6.61 Å². The van der Waals surface area contributed by atoms with Gasteiger partial charge < -0.3 is 20.6 Å². The lowest BCUT2D eigenvalue weighted by Gasteiger charge is -2.21. The Morgan fingerprint density at radius 3 is 1.33 bits per heavy atom. The zero-order chi connectivity index (χ0) is 33.8. The summed E-state index contributed by atoms with van der Waals surface area (Å²) >= 11 is 0. The van der Waals surface area contributed by atoms with E-state index in [1.807, 2.05) is 6.08 Å². The van der Waals surface area contributed by atoms with E-state index in [0.717, 1.165) is 51.4 Å². The van der Waals surface area contributed by atoms with Crippen LogP contribution in [0.5, 0.6) is 0 Å². The van der Waals surface area contributed by atoms with E-state index in [0.29, 0.717) is 6.42 Å². The van der Waals surface area contributed by atoms with Crippen molar-refractivity contribution in [2.45, 2.75) is 212 Å². The normalized spacial score (nSPS) is 14.1. The van der Waals surface area contributed by atoms with Crippen LogP contribution in [-0.2, 0) is 4.79 Å². The molecule has 0 bridgehead atoms. The van der Waals surface area contributed by atoms with E-state index in [1.165, 1.54) is 122 Å². The number of aliphatic hydroxyl groups is 3. The van der Waals surface area contributed by atoms with E-state index in [4.69, 9.17) is 0 Å². The summed E-state index contributed by atoms with van der Waals surface area (Å²) in [6, 6.07) is -0.817. The number of hydrogen-bond donors (Lipinski definition) is 4. The number of rotatable bonds is 35. The molecule has 0 aliphatic carbocycles. The van der Waals surface area contributed by atoms with Crippen molar-refractivity contribution in [2.24, 2.45) is 0 Å². The fraction of sp³-hybridized carbons (Fsp3) is 0.829. The highest BCUT2D eigenvalue weighted by Gasteiger charge is 2.22. The zero-order valence-electron chi connectivity index (χ0n) is 30.5. The van der Waals surface area contributed by atoms with Gasteiger partial charge >= 0.3 is 0 Å². The predicted octanol–water partition coefficient (Wildman–Crippen LogP) is 10.8. The van der Waals surface area contributed by atoms with Crippen LogP contribution in [-0.4, -0.2) is 46.1 Å². The van der Waals surface area contributed by atoms with Crippen molar-refractivity contribution in [3.05, 3.63) is 36.5 Å². The maximum Gasteiger partial charge on any atom is 0.249 e. The van der Waals surface area contributed by atoms with Gasteiger partial charge in [0.1, 0.15) is 6.10 Å². The highest BCUT2D eigenvalue weighted by molar-refractivity contribution is 5.80. The van der Waals surface area contributed by atoms with Crippen LogP contribution in [0.1, 0.15) is 194 Å². The second-order valence-corrected chi connectivity index (χ2v) is 13.5. The fourth-order valence-electron chi connectivity index (χ4n) is 5.78. The molecule has 4 N–H and O–H groups in total. The van der Waals surface area contributed by atoms with Crippen LogP contribution in [0.3, 0.4) is 0 Å². The van der Waals surface area contributed by atoms with Gasteiger partial charge in [-0.3, -0.25) is 4.79 Å². The van der Waals surface area contributed by atoms with Crippen molar-refractivity contribution in [3.8, 4) is 0 Å². The quantitative estimate of drug-likeness (QED) is 0.0407. The van der Waals surface area contributed by atoms with E-state index in [9.17, 15) is 20.1 Å². The number of carbonyl (C=O) groups is 1. The highest BCUT2D eigenvalue weighted by atomic mass is 16.3. The first-order valence-electron chi connectivity index (χ1n) is 19.8. The van der Waals surface area contributed by atoms with Crippen molar-refractivity contribution in [3.63, 3.8) is 0 Å². The van der Waals surface area contributed by atoms with E-state index in [1.54, 1.807) is 6.08 Å². The van der Waals surface area contributed by atoms with Crippen molar-refractivity contribution in [2.75, 3.05) is 6.61 Å². The topological polar surface area (TPSA) is 89.8 Å². The Hall–Kier alpha value is -1.43. The van der Waals surface area contributed by atoms with Gasteiger partial charge in [0.05, 0.1) is 18.8 Å². The molecule has 0 heterocycles. The summed E-state index contributed by atoms with van der Waals surface area (Å²) < 4.78 is 0. The minimum absolute atomic E-state index is 0.380. The molecule has 270 valence electrons. The van der Waals surface area contributed by atoms with Crippen LogP contribution < -0.4 is 5.32 Å². The van der Waals surface area contributed by atoms with Crippen molar-refractivity contribution in [1.82, 2.24) is 5.32 Å². The van der Waals surface area contributed by atoms with Crippen LogP contribution >= 0.6 is 0 Å². The van der Waals surface area contributed by atoms with Gasteiger partial charge in [0.15, 0.2) is 0 Å². The lowest BCUT2D eigenvalue weighted by molar-refractivity contribution is -0.131. The standard InChI is InChI=1S/C41H77NO4/c1-3-5-7-9-11-13-15-17-19-20-22-23-25-27-29-31-33-35-39(44)38(37-43)42-41(46)40(45)36-34-32-30-28-26-24-21-18-16-14-12-10-8-6-4-2/h21,24-25,27,33,35,38-40,43-45H,3-20,22-23,26,28-32,34,36-37H2,1-2H3,(H,42,46)/b24-21-,27-25+,35-33+. The van der Waals surface area contributed by atoms with Gasteiger partial charge in [-0.15, -0.1) is 0 Å². The Balaban J connectivity index is 3.79. The van der Waals surface area contributed by atoms with E-state index >= 15 is 0 Å². The number of allylic oxidation sites excluding steroid dienone is 5. The van der Waals surface area contributed by atoms with E-state index in [2.05, 4.69) is 43.5 Å². The molecule has 0 radical (unpaired) electrons. The van der Waals surface area contributed by atoms with Gasteiger partial charge in [-0.05, 0) is 57.8 Å². The SMILES string of the molecule is CCCCCCCCC/C=C\CCCCCCC(O)C(=O)NC(CO)C(O)/C=C/CC/C=C/CCCCCCCCCCCCC. The fourth-order valence-corrected chi connectivity index (χ4v) is 5.78. The summed E-state index contributed by atoms with van der Waals surface area (Å²) in [6.07, 6.45) is 44.5. The molecule has 5 nitrogen and oxygen atoms in total. The summed E-state index contributed by atoms with van der Waals surface area (Å²) in [5.74, 6) is -0.523. The van der Waals surface area contributed by atoms with Crippen molar-refractivity contribution in [1.29, 1.82) is 0 Å². The smallest absolute Gasteiger partial charge is 0.249 e. The first-order chi connectivity index (χ1) is 22.6. The first kappa shape index (κ1) is 44.6. The Labute approximate surface area is 285 Å². The molecule has 0 saturated carbocycles. The van der Waals surface area contributed by atoms with Crippen LogP contribution in [0, 0.1) is 0 Å². The van der Waals surface area contributed by atoms with E-state index < -0.39 is 24.2 Å². The molecule has 46 heavy (non-hydrogen) atoms. The summed E-state index contributed by atoms with van der Waals surface area (Å²) in [6.45, 7) is 4.15. The Morgan fingerprint density at radius 2 is 0.891 bits per heavy atom. The molecular weight excluding hydrogens is 570 g/mol. The molecule has 0 aliphatic rings. The predicted molar refractivity (Wildman–Crippen MR) is 199 cm³/mol. The van der Waals surface area contributed by atoms with Crippen LogP contribution in [0.25, 0.3) is 0 Å². The van der Waals surface area contributed by atoms with Gasteiger partial charge in [0, 0.05) is 0 Å². The third-order valence-corrected chi connectivity index (χ3v) is 8.95. The Morgan fingerprint density at radius 1 is 0.522 bits per heavy atom. The molecule has 5 heteroatoms. The molecule has 0 aromatic rings. The first-order valence-corrected chi connectivity index (χ1v) is 19.8. The molecule has 3 atom stereocenters. The lowest BCUT2D eigenvalue weighted by Crippen LogP contribution is -2.48. The molecule has 1 amide bonds. The Kier molecular flexibility index (Phi) is 35.3. The molecule has 0 rings (SSSR count). The van der Waals surface area contributed by atoms with Crippen LogP contribution in [0.4, 0.5) is 0 Å². The van der Waals surface area contributed by atoms with Gasteiger partial charge in [0.2, 0.25) is 5.91 Å². The average Bonchev–Trinajstić information content (AvgIpc) is 3.06. The number of carbonyl (C=O) groups excluding carboxylic acids is 1. The van der Waals surface area contributed by atoms with Crippen molar-refractivity contribution < 1.29 is 20.1 Å². The highest BCUT2D eigenvalue weighted by Crippen LogP contribution is 2.13. The largest absolute Gasteiger partial charge is 0.394 e. The van der Waals surface area contributed by atoms with Crippen LogP contribution in [0.2, 0.25) is 0 Å². The number of aliphatic hydroxyl groups excluding tert-OH is 3. The molecule has 0 aromatic carbocycles. The van der Waals surface area contributed by atoms with Gasteiger partial charge in [-0.25, -0.2) is 0 Å². The van der Waals surface area contributed by atoms with Gasteiger partial charge in [0.25, 0.3) is 0 Å². The number of amides is 1. The second-order valence-electron chi connectivity index (χ2n) is 13.5. The minimum Gasteiger partial charge on any atom is -0.394 e. The number of unbranched alkanes of at least 4 members (excludes halogenated alkanes) is 23. The molecular formula is C41H77NO4. The third-order valence-electron chi connectivity index (χ3n) is 8.95. The Bertz CT molecular complexity index is 719. The van der Waals surface area contributed by atoms with Crippen LogP contribution in [0.15, 0.2) is 36.5 Å². The average molecular weight is 648 g/mol. The van der Waals surface area contributed by atoms with Gasteiger partial charge in [-0.1, -0.05) is 172 Å². The summed E-state index contributed by atoms with van der Waals surface area (Å²) in [4.78, 5) is 12.4. The molecule has 0 aromatic heterocycles. The zero-order valence-corrected chi connectivity index (χ0v) is 30.5. The molecule has 0 fully saturated rings. The van der Waals surface area contributed by atoms with Crippen molar-refractivity contribution >= 4 is 5.91 Å². The number of hydrogen-bond acceptors (Lipinski definition) is 4. The molecule has 0 saturated heterocycles. The molecule has 0 spiro atoms. The minimum atomic E-state index is -1.11. The summed E-state index contributed by atoms with van der Waals surface area (Å²) in [5, 5.41) is 33.0. The third kappa shape index (κ3) is 31.2. The summed E-state index contributed by atoms with van der Waals surface area (Å²) in [7, 11) is 0. The monoisotopic (exact) mass is 648 g/mol.